The first-order chi connectivity index (χ1) is 18.6. The molecule has 0 radical (unpaired) electrons. The summed E-state index contributed by atoms with van der Waals surface area (Å²) in [5.74, 6) is -14.0. The zero-order valence-electron chi connectivity index (χ0n) is 31.5. The Kier molecular flexibility index (Phi) is 0.844. The van der Waals surface area contributed by atoms with Gasteiger partial charge in [0.15, 0.2) is 0 Å². The zero-order chi connectivity index (χ0) is 34.0. The Labute approximate surface area is 164 Å². The predicted molar refractivity (Wildman–Crippen MR) is 82.8 cm³/mol. The van der Waals surface area contributed by atoms with Crippen LogP contribution in [0.1, 0.15) is 78.4 Å². The molecule has 1 saturated heterocycles. The van der Waals surface area contributed by atoms with Gasteiger partial charge in [-0.3, -0.25) is 4.79 Å². The fraction of sp³-hybridized carbons (Fsp3) is 0.889. The van der Waals surface area contributed by atoms with E-state index in [4.69, 9.17) is 33.1 Å². The Bertz CT molecular complexity index is 1310. The number of amides is 1. The van der Waals surface area contributed by atoms with Crippen LogP contribution >= 0.6 is 0 Å². The normalized spacial score (nSPS) is 96.9. The lowest BCUT2D eigenvalue weighted by atomic mass is 9.46. The molecule has 3 N–H and O–H groups in total. The van der Waals surface area contributed by atoms with Crippen LogP contribution in [0.25, 0.3) is 0 Å². The number of nitrogens with zero attached hydrogens (tertiary/aromatic N) is 2. The van der Waals surface area contributed by atoms with E-state index in [0.29, 0.717) is 0 Å². The summed E-state index contributed by atoms with van der Waals surface area (Å²) in [6.45, 7) is 0. The van der Waals surface area contributed by atoms with Gasteiger partial charge in [0.2, 0.25) is 5.91 Å². The van der Waals surface area contributed by atoms with Gasteiger partial charge in [-0.05, 0) is 74.1 Å². The topological polar surface area (TPSA) is 90.3 Å². The van der Waals surface area contributed by atoms with Crippen molar-refractivity contribution in [1.82, 2.24) is 4.90 Å². The first kappa shape index (κ1) is 4.53. The lowest BCUT2D eigenvalue weighted by molar-refractivity contribution is -0.177. The minimum atomic E-state index is -4.49. The molecule has 1 aliphatic heterocycles. The van der Waals surface area contributed by atoms with E-state index in [1.165, 1.54) is 6.07 Å². The van der Waals surface area contributed by atoms with Crippen molar-refractivity contribution in [2.75, 3.05) is 0 Å². The molecule has 0 aromatic heterocycles. The number of piperidine rings is 1. The molecule has 6 fully saturated rings. The van der Waals surface area contributed by atoms with Crippen LogP contribution in [0.2, 0.25) is 0 Å². The van der Waals surface area contributed by atoms with Crippen molar-refractivity contribution in [3.8, 4) is 6.07 Å². The first-order valence-electron chi connectivity index (χ1n) is 16.8. The minimum Gasteiger partial charge on any atom is -0.390 e. The van der Waals surface area contributed by atoms with Gasteiger partial charge in [-0.15, -0.1) is 0 Å². The number of aliphatic hydroxyl groups is 1. The van der Waals surface area contributed by atoms with E-state index in [2.05, 4.69) is 0 Å². The van der Waals surface area contributed by atoms with Gasteiger partial charge in [-0.2, -0.15) is 5.26 Å². The summed E-state index contributed by atoms with van der Waals surface area (Å²) < 4.78 is 171. The molecule has 0 aromatic carbocycles. The summed E-state index contributed by atoms with van der Waals surface area (Å²) in [6.07, 6.45) is -32.8. The molecule has 2 unspecified atom stereocenters. The van der Waals surface area contributed by atoms with E-state index >= 15 is 0 Å². The van der Waals surface area contributed by atoms with E-state index < -0.39 is 104 Å². The van der Waals surface area contributed by atoms with Crippen molar-refractivity contribution in [2.45, 2.75) is 74.7 Å². The van der Waals surface area contributed by atoms with E-state index in [1.807, 2.05) is 0 Å². The highest BCUT2D eigenvalue weighted by molar-refractivity contribution is 5.84. The van der Waals surface area contributed by atoms with Gasteiger partial charge in [-0.1, -0.05) is 0 Å². The maximum absolute atomic E-state index is 14.2. The summed E-state index contributed by atoms with van der Waals surface area (Å²) in [5, 5.41) is 21.4. The van der Waals surface area contributed by atoms with Crippen LogP contribution in [-0.4, -0.2) is 39.6 Å². The van der Waals surface area contributed by atoms with Crippen LogP contribution in [0.4, 0.5) is 0 Å². The molecule has 0 spiro atoms. The van der Waals surface area contributed by atoms with Crippen molar-refractivity contribution in [1.29, 1.82) is 5.26 Å². The monoisotopic (exact) mass is 335 g/mol. The second-order valence-corrected chi connectivity index (χ2v) is 5.73. The molecule has 1 heterocycles. The summed E-state index contributed by atoms with van der Waals surface area (Å²) in [5.41, 5.74) is -2.72. The molecule has 6 rings (SSSR count). The molecule has 6 atom stereocenters. The van der Waals surface area contributed by atoms with Crippen molar-refractivity contribution >= 4 is 5.91 Å². The Hall–Kier alpha value is -1.12. The number of likely N-dealkylation sites (tertiary alicyclic amines) is 1. The average Bonchev–Trinajstić information content (AvgIpc) is 3.13. The second-order valence-electron chi connectivity index (χ2n) is 5.73. The number of hydrogen-bond donors (Lipinski definition) is 2. The molecule has 6 aliphatic rings. The molecular formula is C18H25N3O2. The third kappa shape index (κ3) is 1.88. The molecule has 5 saturated carbocycles. The van der Waals surface area contributed by atoms with E-state index in [1.54, 1.807) is 0 Å². The van der Waals surface area contributed by atoms with Gasteiger partial charge in [0, 0.05) is 32.1 Å². The highest BCUT2D eigenvalue weighted by Crippen LogP contribution is 2.63. The molecule has 5 heteroatoms. The summed E-state index contributed by atoms with van der Waals surface area (Å²) in [7, 11) is 0. The average molecular weight is 336 g/mol. The third-order valence-electron chi connectivity index (χ3n) is 4.17. The highest BCUT2D eigenvalue weighted by Gasteiger charge is 2.62. The van der Waals surface area contributed by atoms with Gasteiger partial charge < -0.3 is 15.7 Å². The van der Waals surface area contributed by atoms with Crippen LogP contribution in [0.15, 0.2) is 0 Å². The van der Waals surface area contributed by atoms with Crippen LogP contribution < -0.4 is 5.73 Å². The van der Waals surface area contributed by atoms with Crippen LogP contribution in [0.3, 0.4) is 0 Å². The lowest BCUT2D eigenvalue weighted by Gasteiger charge is -2.61. The quantitative estimate of drug-likeness (QED) is 0.792. The third-order valence-corrected chi connectivity index (χ3v) is 4.17. The standard InChI is InChI=1S/C18H25N3O2/c19-8-13-2-12-3-14(12)21(13)16(22)15(20)17-4-10-1-11(5-17)7-18(23,6-10)9-17/h10-15,23H,1-7,9,20H2/t10?,11?,12-,13+,14+,15-,17?,18?/m1/s1/i1D2,2D2,3D2,4D2,5D2,6D2,7D2,9D2,10D,11D,12D,14D. The van der Waals surface area contributed by atoms with Gasteiger partial charge in [0.05, 0.1) is 19.1 Å². The van der Waals surface area contributed by atoms with Crippen LogP contribution in [0, 0.1) is 34.4 Å². The van der Waals surface area contributed by atoms with E-state index in [9.17, 15) is 15.2 Å². The molecule has 1 amide bonds. The lowest BCUT2D eigenvalue weighted by Crippen LogP contribution is -2.64. The number of carbonyl (C=O) groups is 1. The maximum Gasteiger partial charge on any atom is 0.241 e. The predicted octanol–water partition coefficient (Wildman–Crippen LogP) is 1.16. The molecule has 124 valence electrons. The number of nitrogens with two attached hydrogens (primary N) is 1. The van der Waals surface area contributed by atoms with Gasteiger partial charge in [-0.25, -0.2) is 0 Å². The zero-order valence-corrected chi connectivity index (χ0v) is 11.5. The Morgan fingerprint density at radius 3 is 2.70 bits per heavy atom. The number of carbonyl (C=O) groups excluding carboxylic acids is 1. The molecular weight excluding hydrogens is 290 g/mol. The fourth-order valence-electron chi connectivity index (χ4n) is 3.14. The maximum atomic E-state index is 14.2. The molecule has 5 nitrogen and oxygen atoms in total. The molecule has 0 aromatic rings. The van der Waals surface area contributed by atoms with Crippen molar-refractivity contribution < 1.29 is 37.3 Å². The van der Waals surface area contributed by atoms with E-state index in [0.717, 1.165) is 0 Å². The van der Waals surface area contributed by atoms with Crippen molar-refractivity contribution in [2.24, 2.45) is 28.8 Å². The molecule has 23 heavy (non-hydrogen) atoms. The Balaban J connectivity index is 1.91. The summed E-state index contributed by atoms with van der Waals surface area (Å²) >= 11 is 0. The largest absolute Gasteiger partial charge is 0.390 e. The number of hydrogen-bond acceptors (Lipinski definition) is 4. The number of nitriles is 1. The SMILES string of the molecule is [2H]C1([2H])C2([2H])C([2H])([2H])C3(O)C([2H])([2H])C1([2H])C([2H])([2H])C([C@H](N)C(=O)N1[C@H](C#N)C([2H])([2H])[C@]4([2H])C([2H])([2H])[C@]14[2H])(C2([2H])[2H])C3([2H])[2H]. The Morgan fingerprint density at radius 1 is 1.35 bits per heavy atom. The smallest absolute Gasteiger partial charge is 0.241 e. The summed E-state index contributed by atoms with van der Waals surface area (Å²) in [4.78, 5) is 13.9. The first-order valence-corrected chi connectivity index (χ1v) is 6.84. The van der Waals surface area contributed by atoms with Crippen molar-refractivity contribution in [3.63, 3.8) is 0 Å². The number of rotatable bonds is 2. The highest BCUT2D eigenvalue weighted by atomic mass is 16.3. The van der Waals surface area contributed by atoms with Gasteiger partial charge in [0.25, 0.3) is 0 Å². The van der Waals surface area contributed by atoms with Crippen LogP contribution in [-0.2, 0) is 4.79 Å². The van der Waals surface area contributed by atoms with Gasteiger partial charge >= 0.3 is 0 Å². The molecule has 5 aliphatic carbocycles. The van der Waals surface area contributed by atoms with Crippen molar-refractivity contribution in [3.05, 3.63) is 0 Å². The van der Waals surface area contributed by atoms with E-state index in [-0.39, 0.29) is 4.90 Å². The fourth-order valence-corrected chi connectivity index (χ4v) is 3.14. The van der Waals surface area contributed by atoms with Gasteiger partial charge in [0.1, 0.15) is 6.04 Å². The Morgan fingerprint density at radius 2 is 2.04 bits per heavy atom. The summed E-state index contributed by atoms with van der Waals surface area (Å²) in [6, 6.07) is -7.93. The minimum absolute atomic E-state index is 0.235. The number of fused-ring (bicyclic) bond motifs is 1. The molecule has 4 bridgehead atoms. The van der Waals surface area contributed by atoms with Crippen LogP contribution in [0.5, 0.6) is 0 Å². The second kappa shape index (κ2) is 4.29.